The van der Waals surface area contributed by atoms with E-state index in [1.54, 1.807) is 91.0 Å². The molecule has 45 heavy (non-hydrogen) atoms. The number of allylic oxidation sites excluding steroid dienone is 1. The van der Waals surface area contributed by atoms with Crippen molar-refractivity contribution in [3.05, 3.63) is 125 Å². The van der Waals surface area contributed by atoms with Crippen molar-refractivity contribution in [3.63, 3.8) is 0 Å². The van der Waals surface area contributed by atoms with Crippen LogP contribution in [-0.4, -0.2) is 45.5 Å². The molecule has 0 spiro atoms. The van der Waals surface area contributed by atoms with Crippen LogP contribution in [0.4, 0.5) is 5.69 Å². The number of nitrogens with one attached hydrogen (secondary N) is 2. The zero-order chi connectivity index (χ0) is 32.2. The number of rotatable bonds is 13. The Bertz CT molecular complexity index is 1690. The summed E-state index contributed by atoms with van der Waals surface area (Å²) in [5.41, 5.74) is 2.57. The maximum absolute atomic E-state index is 13.4. The zero-order valence-electron chi connectivity index (χ0n) is 25.5. The van der Waals surface area contributed by atoms with Gasteiger partial charge < -0.3 is 29.6 Å². The number of ether oxygens (including phenoxy) is 4. The van der Waals surface area contributed by atoms with Gasteiger partial charge in [0.05, 0.1) is 27.9 Å². The molecule has 0 aliphatic heterocycles. The summed E-state index contributed by atoms with van der Waals surface area (Å²) >= 11 is 0. The Morgan fingerprint density at radius 1 is 0.733 bits per heavy atom. The van der Waals surface area contributed by atoms with E-state index in [0.717, 1.165) is 0 Å². The second kappa shape index (κ2) is 15.6. The van der Waals surface area contributed by atoms with Crippen molar-refractivity contribution in [2.24, 2.45) is 0 Å². The quantitative estimate of drug-likeness (QED) is 0.134. The largest absolute Gasteiger partial charge is 0.493 e. The minimum atomic E-state index is -0.549. The molecule has 0 aliphatic rings. The van der Waals surface area contributed by atoms with E-state index in [9.17, 15) is 14.4 Å². The molecule has 230 valence electrons. The lowest BCUT2D eigenvalue weighted by molar-refractivity contribution is -0.113. The molecule has 0 saturated carbocycles. The van der Waals surface area contributed by atoms with Gasteiger partial charge in [-0.15, -0.1) is 0 Å². The molecule has 0 unspecified atom stereocenters. The van der Waals surface area contributed by atoms with E-state index in [1.807, 2.05) is 19.1 Å². The third-order valence-corrected chi connectivity index (χ3v) is 6.59. The van der Waals surface area contributed by atoms with Gasteiger partial charge in [-0.05, 0) is 79.2 Å². The molecule has 2 amide bonds. The van der Waals surface area contributed by atoms with E-state index in [4.69, 9.17) is 18.9 Å². The number of benzene rings is 4. The highest BCUT2D eigenvalue weighted by atomic mass is 16.5. The smallest absolute Gasteiger partial charge is 0.272 e. The van der Waals surface area contributed by atoms with Gasteiger partial charge >= 0.3 is 0 Å². The minimum Gasteiger partial charge on any atom is -0.493 e. The third-order valence-electron chi connectivity index (χ3n) is 6.59. The van der Waals surface area contributed by atoms with Gasteiger partial charge in [-0.2, -0.15) is 0 Å². The van der Waals surface area contributed by atoms with Crippen molar-refractivity contribution in [1.82, 2.24) is 5.32 Å². The third kappa shape index (κ3) is 8.39. The molecule has 9 nitrogen and oxygen atoms in total. The first-order valence-corrected chi connectivity index (χ1v) is 14.1. The Labute approximate surface area is 262 Å². The van der Waals surface area contributed by atoms with Crippen LogP contribution in [0.1, 0.15) is 38.8 Å². The molecule has 0 saturated heterocycles. The summed E-state index contributed by atoms with van der Waals surface area (Å²) in [7, 11) is 4.56. The van der Waals surface area contributed by atoms with E-state index < -0.39 is 11.8 Å². The van der Waals surface area contributed by atoms with Crippen LogP contribution in [-0.2, 0) is 4.79 Å². The highest BCUT2D eigenvalue weighted by Crippen LogP contribution is 2.38. The number of carbonyl (C=O) groups is 3. The monoisotopic (exact) mass is 606 g/mol. The second-order valence-corrected chi connectivity index (χ2v) is 9.54. The first kappa shape index (κ1) is 32.1. The van der Waals surface area contributed by atoms with Crippen LogP contribution in [0.5, 0.6) is 23.0 Å². The van der Waals surface area contributed by atoms with Crippen molar-refractivity contribution in [2.45, 2.75) is 6.92 Å². The van der Waals surface area contributed by atoms with Crippen LogP contribution in [0.25, 0.3) is 12.2 Å². The number of hydrogen-bond donors (Lipinski definition) is 2. The first-order valence-electron chi connectivity index (χ1n) is 14.1. The molecule has 0 heterocycles. The maximum atomic E-state index is 13.4. The molecule has 4 aromatic carbocycles. The standard InChI is InChI=1S/C36H34N2O7/c1-5-45-31-14-10-9-13-27(31)23-29(38-35(40)26-11-7-6-8-12-26)36(41)37-28-18-16-25(17-19-28)30(39)20-15-24-21-32(42-2)34(44-4)33(22-24)43-3/h6-23H,5H2,1-4H3,(H,37,41)(H,38,40)/b20-15+,29-23-. The van der Waals surface area contributed by atoms with E-state index in [-0.39, 0.29) is 11.5 Å². The molecule has 2 N–H and O–H groups in total. The molecule has 0 aliphatic carbocycles. The van der Waals surface area contributed by atoms with Gasteiger partial charge in [-0.3, -0.25) is 14.4 Å². The summed E-state index contributed by atoms with van der Waals surface area (Å²) in [6.07, 6.45) is 4.64. The van der Waals surface area contributed by atoms with Crippen LogP contribution >= 0.6 is 0 Å². The van der Waals surface area contributed by atoms with Crippen molar-refractivity contribution in [3.8, 4) is 23.0 Å². The normalized spacial score (nSPS) is 11.1. The van der Waals surface area contributed by atoms with Crippen LogP contribution in [0, 0.1) is 0 Å². The zero-order valence-corrected chi connectivity index (χ0v) is 25.5. The Balaban J connectivity index is 1.52. The van der Waals surface area contributed by atoms with Crippen LogP contribution in [0.3, 0.4) is 0 Å². The van der Waals surface area contributed by atoms with E-state index in [1.165, 1.54) is 27.4 Å². The van der Waals surface area contributed by atoms with Crippen LogP contribution in [0.15, 0.2) is 103 Å². The lowest BCUT2D eigenvalue weighted by Gasteiger charge is -2.13. The number of methoxy groups -OCH3 is 3. The van der Waals surface area contributed by atoms with E-state index >= 15 is 0 Å². The van der Waals surface area contributed by atoms with Gasteiger partial charge in [0, 0.05) is 22.4 Å². The number of anilines is 1. The molecule has 0 fully saturated rings. The molecule has 0 bridgehead atoms. The summed E-state index contributed by atoms with van der Waals surface area (Å²) in [6, 6.07) is 25.7. The molecule has 0 radical (unpaired) electrons. The van der Waals surface area contributed by atoms with Gasteiger partial charge in [0.2, 0.25) is 5.75 Å². The summed E-state index contributed by atoms with van der Waals surface area (Å²) in [5.74, 6) is 0.735. The highest BCUT2D eigenvalue weighted by molar-refractivity contribution is 6.11. The summed E-state index contributed by atoms with van der Waals surface area (Å²) in [5, 5.41) is 5.52. The molecule has 0 atom stereocenters. The topological polar surface area (TPSA) is 112 Å². The minimum absolute atomic E-state index is 0.0180. The van der Waals surface area contributed by atoms with E-state index in [2.05, 4.69) is 10.6 Å². The van der Waals surface area contributed by atoms with Gasteiger partial charge in [0.15, 0.2) is 17.3 Å². The Kier molecular flexibility index (Phi) is 11.1. The summed E-state index contributed by atoms with van der Waals surface area (Å²) < 4.78 is 21.8. The second-order valence-electron chi connectivity index (χ2n) is 9.54. The fourth-order valence-electron chi connectivity index (χ4n) is 4.37. The first-order chi connectivity index (χ1) is 21.9. The molecular weight excluding hydrogens is 572 g/mol. The number of hydrogen-bond acceptors (Lipinski definition) is 7. The average molecular weight is 607 g/mol. The fraction of sp³-hybridized carbons (Fsp3) is 0.139. The fourth-order valence-corrected chi connectivity index (χ4v) is 4.37. The van der Waals surface area contributed by atoms with E-state index in [0.29, 0.717) is 57.5 Å². The SMILES string of the molecule is CCOc1ccccc1/C=C(\NC(=O)c1ccccc1)C(=O)Nc1ccc(C(=O)/C=C/c2cc(OC)c(OC)c(OC)c2)cc1. The predicted molar refractivity (Wildman–Crippen MR) is 174 cm³/mol. The number of carbonyl (C=O) groups excluding carboxylic acids is 3. The molecule has 4 aromatic rings. The van der Waals surface area contributed by atoms with Crippen molar-refractivity contribution < 1.29 is 33.3 Å². The van der Waals surface area contributed by atoms with Gasteiger partial charge in [-0.1, -0.05) is 42.5 Å². The lowest BCUT2D eigenvalue weighted by Crippen LogP contribution is -2.30. The van der Waals surface area contributed by atoms with Crippen LogP contribution in [0.2, 0.25) is 0 Å². The number of amides is 2. The summed E-state index contributed by atoms with van der Waals surface area (Å²) in [6.45, 7) is 2.30. The van der Waals surface area contributed by atoms with Crippen molar-refractivity contribution in [1.29, 1.82) is 0 Å². The Morgan fingerprint density at radius 2 is 1.38 bits per heavy atom. The molecular formula is C36H34N2O7. The predicted octanol–water partition coefficient (Wildman–Crippen LogP) is 6.42. The highest BCUT2D eigenvalue weighted by Gasteiger charge is 2.17. The number of ketones is 1. The number of para-hydroxylation sites is 1. The summed E-state index contributed by atoms with van der Waals surface area (Å²) in [4.78, 5) is 39.3. The van der Waals surface area contributed by atoms with Crippen molar-refractivity contribution >= 4 is 35.4 Å². The lowest BCUT2D eigenvalue weighted by atomic mass is 10.1. The molecule has 0 aromatic heterocycles. The Hall–Kier alpha value is -5.83. The molecule has 4 rings (SSSR count). The maximum Gasteiger partial charge on any atom is 0.272 e. The van der Waals surface area contributed by atoms with Gasteiger partial charge in [-0.25, -0.2) is 0 Å². The van der Waals surface area contributed by atoms with Gasteiger partial charge in [0.1, 0.15) is 11.4 Å². The van der Waals surface area contributed by atoms with Crippen LogP contribution < -0.4 is 29.6 Å². The van der Waals surface area contributed by atoms with Crippen molar-refractivity contribution in [2.75, 3.05) is 33.3 Å². The molecule has 9 heteroatoms. The average Bonchev–Trinajstić information content (AvgIpc) is 3.07. The van der Waals surface area contributed by atoms with Gasteiger partial charge in [0.25, 0.3) is 11.8 Å². The Morgan fingerprint density at radius 3 is 2.00 bits per heavy atom.